The van der Waals surface area contributed by atoms with E-state index in [1.165, 1.54) is 7.11 Å². The number of benzene rings is 1. The van der Waals surface area contributed by atoms with E-state index in [0.29, 0.717) is 6.61 Å². The summed E-state index contributed by atoms with van der Waals surface area (Å²) in [4.78, 5) is 4.73. The van der Waals surface area contributed by atoms with E-state index >= 15 is 0 Å². The van der Waals surface area contributed by atoms with E-state index in [9.17, 15) is 0 Å². The Morgan fingerprint density at radius 3 is 2.50 bits per heavy atom. The van der Waals surface area contributed by atoms with Crippen LogP contribution in [0, 0.1) is 0 Å². The highest BCUT2D eigenvalue weighted by molar-refractivity contribution is 7.09. The van der Waals surface area contributed by atoms with E-state index in [1.54, 1.807) is 0 Å². The van der Waals surface area contributed by atoms with E-state index in [1.807, 2.05) is 45.0 Å². The van der Waals surface area contributed by atoms with E-state index in [2.05, 4.69) is 14.6 Å². The minimum absolute atomic E-state index is 0.553. The van der Waals surface area contributed by atoms with E-state index in [0.717, 1.165) is 16.8 Å². The van der Waals surface area contributed by atoms with Crippen LogP contribution in [-0.4, -0.2) is 12.8 Å². The molecule has 0 saturated carbocycles. The van der Waals surface area contributed by atoms with Crippen LogP contribution < -0.4 is 0 Å². The van der Waals surface area contributed by atoms with E-state index in [-0.39, 0.29) is 0 Å². The molecule has 0 amide bonds. The topological polar surface area (TPSA) is 30.8 Å². The smallest absolute Gasteiger partial charge is 0.106 e. The number of nitrogens with zero attached hydrogens (tertiary/aromatic N) is 1. The highest BCUT2D eigenvalue weighted by Gasteiger charge is 2.04. The Balaban J connectivity index is 0.00000106. The summed E-state index contributed by atoms with van der Waals surface area (Å²) in [6.45, 7) is 6.46. The largest absolute Gasteiger partial charge is 0.399 e. The first-order valence-electron chi connectivity index (χ1n) is 5.27. The predicted octanol–water partition coefficient (Wildman–Crippen LogP) is 3.39. The third-order valence-corrected chi connectivity index (χ3v) is 2.04. The monoisotopic (exact) mass is 241 g/mol. The summed E-state index contributed by atoms with van der Waals surface area (Å²) >= 11 is 0. The van der Waals surface area contributed by atoms with Crippen molar-refractivity contribution in [1.82, 2.24) is 0 Å². The molecular formula is C12H20NO2P. The van der Waals surface area contributed by atoms with Gasteiger partial charge in [-0.1, -0.05) is 43.3 Å². The van der Waals surface area contributed by atoms with E-state index in [4.69, 9.17) is 9.36 Å². The third-order valence-electron chi connectivity index (χ3n) is 1.87. The fourth-order valence-corrected chi connectivity index (χ4v) is 1.45. The maximum absolute atomic E-state index is 5.02. The van der Waals surface area contributed by atoms with Gasteiger partial charge in [-0.3, -0.25) is 0 Å². The number of hydrogen-bond donors (Lipinski definition) is 0. The molecule has 0 saturated heterocycles. The Morgan fingerprint density at radius 2 is 1.94 bits per heavy atom. The first-order chi connectivity index (χ1) is 7.79. The number of hydrogen-bond acceptors (Lipinski definition) is 3. The summed E-state index contributed by atoms with van der Waals surface area (Å²) in [5.74, 6) is 0. The summed E-state index contributed by atoms with van der Waals surface area (Å²) in [5.41, 5.74) is 3.00. The lowest BCUT2D eigenvalue weighted by molar-refractivity contribution is 0.213. The van der Waals surface area contributed by atoms with Gasteiger partial charge in [-0.25, -0.2) is 0 Å². The Morgan fingerprint density at radius 1 is 1.31 bits per heavy atom. The van der Waals surface area contributed by atoms with Crippen molar-refractivity contribution < 1.29 is 9.36 Å². The Bertz CT molecular complexity index is 327. The van der Waals surface area contributed by atoms with Crippen LogP contribution in [0.1, 0.15) is 31.9 Å². The van der Waals surface area contributed by atoms with Gasteiger partial charge in [0.2, 0.25) is 0 Å². The minimum Gasteiger partial charge on any atom is -0.399 e. The van der Waals surface area contributed by atoms with Gasteiger partial charge in [-0.2, -0.15) is 0 Å². The molecule has 0 aliphatic carbocycles. The van der Waals surface area contributed by atoms with Crippen LogP contribution in [-0.2, 0) is 16.0 Å². The molecule has 1 aromatic carbocycles. The van der Waals surface area contributed by atoms with Gasteiger partial charge in [-0.05, 0) is 12.5 Å². The van der Waals surface area contributed by atoms with Crippen LogP contribution >= 0.6 is 9.47 Å². The molecule has 1 aromatic rings. The van der Waals surface area contributed by atoms with Gasteiger partial charge < -0.3 is 9.36 Å². The maximum Gasteiger partial charge on any atom is 0.106 e. The van der Waals surface area contributed by atoms with Crippen molar-refractivity contribution in [1.29, 1.82) is 0 Å². The predicted molar refractivity (Wildman–Crippen MR) is 71.5 cm³/mol. The van der Waals surface area contributed by atoms with Gasteiger partial charge in [0.15, 0.2) is 0 Å². The van der Waals surface area contributed by atoms with Crippen molar-refractivity contribution in [2.75, 3.05) is 7.11 Å². The standard InChI is InChI=1S/C10H14NO2P.C2H6/c1-8(11-12-2)10-6-4-3-5-9(10)7-13-14;1-2/h3-6H,7,14H2,1-2H3;1-2H3/b11-8-;. The van der Waals surface area contributed by atoms with Crippen molar-refractivity contribution in [2.24, 2.45) is 5.16 Å². The molecule has 90 valence electrons. The molecule has 3 nitrogen and oxygen atoms in total. The van der Waals surface area contributed by atoms with Crippen molar-refractivity contribution in [3.05, 3.63) is 35.4 Å². The van der Waals surface area contributed by atoms with Gasteiger partial charge in [0, 0.05) is 15.0 Å². The van der Waals surface area contributed by atoms with Crippen LogP contribution in [0.15, 0.2) is 29.4 Å². The number of rotatable bonds is 4. The summed E-state index contributed by atoms with van der Waals surface area (Å²) in [5, 5.41) is 3.89. The van der Waals surface area contributed by atoms with Crippen LogP contribution in [0.5, 0.6) is 0 Å². The first kappa shape index (κ1) is 15.1. The molecule has 0 aromatic heterocycles. The molecular weight excluding hydrogens is 221 g/mol. The molecule has 0 aliphatic rings. The molecule has 1 rings (SSSR count). The Labute approximate surface area is 100 Å². The van der Waals surface area contributed by atoms with Crippen molar-refractivity contribution in [2.45, 2.75) is 27.4 Å². The lowest BCUT2D eigenvalue weighted by Gasteiger charge is -2.06. The van der Waals surface area contributed by atoms with Crippen LogP contribution in [0.25, 0.3) is 0 Å². The molecule has 4 heteroatoms. The molecule has 0 bridgehead atoms. The summed E-state index contributed by atoms with van der Waals surface area (Å²) in [6, 6.07) is 7.95. The zero-order valence-electron chi connectivity index (χ0n) is 10.4. The quantitative estimate of drug-likeness (QED) is 0.459. The van der Waals surface area contributed by atoms with Gasteiger partial charge in [0.25, 0.3) is 0 Å². The highest BCUT2D eigenvalue weighted by atomic mass is 31.0. The van der Waals surface area contributed by atoms with Crippen molar-refractivity contribution >= 4 is 15.2 Å². The Kier molecular flexibility index (Phi) is 8.78. The second-order valence-electron chi connectivity index (χ2n) is 2.83. The highest BCUT2D eigenvalue weighted by Crippen LogP contribution is 2.12. The van der Waals surface area contributed by atoms with Gasteiger partial charge in [-0.15, -0.1) is 0 Å². The fourth-order valence-electron chi connectivity index (χ4n) is 1.28. The van der Waals surface area contributed by atoms with E-state index < -0.39 is 0 Å². The van der Waals surface area contributed by atoms with Crippen molar-refractivity contribution in [3.63, 3.8) is 0 Å². The molecule has 1 unspecified atom stereocenters. The second kappa shape index (κ2) is 9.32. The third kappa shape index (κ3) is 4.73. The summed E-state index contributed by atoms with van der Waals surface area (Å²) in [6.07, 6.45) is 0. The van der Waals surface area contributed by atoms with Gasteiger partial charge in [0.05, 0.1) is 12.3 Å². The molecule has 0 spiro atoms. The normalized spacial score (nSPS) is 10.4. The minimum atomic E-state index is 0.553. The maximum atomic E-state index is 5.02. The SMILES string of the molecule is CC.CO/N=C(/C)c1ccccc1COP. The first-order valence-corrected chi connectivity index (χ1v) is 5.74. The molecule has 0 fully saturated rings. The molecule has 0 radical (unpaired) electrons. The lowest BCUT2D eigenvalue weighted by atomic mass is 10.0. The Hall–Kier alpha value is -0.920. The molecule has 16 heavy (non-hydrogen) atoms. The number of oxime groups is 1. The molecule has 0 N–H and O–H groups in total. The summed E-state index contributed by atoms with van der Waals surface area (Å²) in [7, 11) is 3.78. The zero-order valence-corrected chi connectivity index (χ0v) is 11.5. The van der Waals surface area contributed by atoms with Gasteiger partial charge in [0.1, 0.15) is 7.11 Å². The fraction of sp³-hybridized carbons (Fsp3) is 0.417. The van der Waals surface area contributed by atoms with Crippen molar-refractivity contribution in [3.8, 4) is 0 Å². The second-order valence-corrected chi connectivity index (χ2v) is 3.16. The summed E-state index contributed by atoms with van der Waals surface area (Å²) < 4.78 is 5.02. The average Bonchev–Trinajstić information content (AvgIpc) is 2.33. The van der Waals surface area contributed by atoms with Gasteiger partial charge >= 0.3 is 0 Å². The average molecular weight is 241 g/mol. The zero-order chi connectivity index (χ0) is 12.4. The van der Waals surface area contributed by atoms with Crippen LogP contribution in [0.3, 0.4) is 0 Å². The lowest BCUT2D eigenvalue weighted by Crippen LogP contribution is -2.01. The van der Waals surface area contributed by atoms with Crippen LogP contribution in [0.2, 0.25) is 0 Å². The molecule has 1 atom stereocenters. The molecule has 0 heterocycles. The van der Waals surface area contributed by atoms with Crippen LogP contribution in [0.4, 0.5) is 0 Å². The molecule has 0 aliphatic heterocycles.